The van der Waals surface area contributed by atoms with E-state index in [9.17, 15) is 9.59 Å². The lowest BCUT2D eigenvalue weighted by Crippen LogP contribution is -2.12. The number of aryl methyl sites for hydroxylation is 2. The Morgan fingerprint density at radius 1 is 1.26 bits per heavy atom. The summed E-state index contributed by atoms with van der Waals surface area (Å²) >= 11 is 6.07. The molecule has 2 aromatic carbocycles. The lowest BCUT2D eigenvalue weighted by atomic mass is 10.1. The second-order valence-corrected chi connectivity index (χ2v) is 5.66. The summed E-state index contributed by atoms with van der Waals surface area (Å²) in [5.74, 6) is -0.551. The van der Waals surface area contributed by atoms with Gasteiger partial charge in [-0.15, -0.1) is 0 Å². The average Bonchev–Trinajstić information content (AvgIpc) is 2.81. The summed E-state index contributed by atoms with van der Waals surface area (Å²) in [7, 11) is 1.63. The smallest absolute Gasteiger partial charge is 0.408 e. The Kier molecular flexibility index (Phi) is 4.21. The third-order valence-corrected chi connectivity index (χ3v) is 4.02. The molecule has 1 N–H and O–H groups in total. The van der Waals surface area contributed by atoms with Crippen molar-refractivity contribution in [3.05, 3.63) is 63.6 Å². The number of carbonyl (C=O) groups is 1. The normalized spacial score (nSPS) is 10.9. The molecule has 0 spiro atoms. The first-order chi connectivity index (χ1) is 11.0. The lowest BCUT2D eigenvalue weighted by Gasteiger charge is -2.06. The maximum Gasteiger partial charge on any atom is 0.419 e. The van der Waals surface area contributed by atoms with Gasteiger partial charge in [-0.1, -0.05) is 29.8 Å². The first-order valence-electron chi connectivity index (χ1n) is 7.17. The third kappa shape index (κ3) is 3.29. The highest BCUT2D eigenvalue weighted by Gasteiger charge is 2.09. The zero-order valence-corrected chi connectivity index (χ0v) is 13.3. The van der Waals surface area contributed by atoms with Crippen molar-refractivity contribution in [3.8, 4) is 0 Å². The zero-order valence-electron chi connectivity index (χ0n) is 12.5. The highest BCUT2D eigenvalue weighted by atomic mass is 35.5. The Morgan fingerprint density at radius 3 is 2.83 bits per heavy atom. The summed E-state index contributed by atoms with van der Waals surface area (Å²) in [4.78, 5) is 23.5. The van der Waals surface area contributed by atoms with Crippen LogP contribution in [0.15, 0.2) is 51.7 Å². The lowest BCUT2D eigenvalue weighted by molar-refractivity contribution is -0.116. The van der Waals surface area contributed by atoms with Crippen LogP contribution in [0.25, 0.3) is 11.1 Å². The quantitative estimate of drug-likeness (QED) is 0.797. The maximum absolute atomic E-state index is 12.1. The van der Waals surface area contributed by atoms with Gasteiger partial charge in [0.2, 0.25) is 5.91 Å². The van der Waals surface area contributed by atoms with Gasteiger partial charge in [-0.2, -0.15) is 0 Å². The minimum atomic E-state index is -0.429. The van der Waals surface area contributed by atoms with Crippen LogP contribution in [0.1, 0.15) is 12.0 Å². The Hall–Kier alpha value is -2.53. The maximum atomic E-state index is 12.1. The molecule has 1 aromatic heterocycles. The highest BCUT2D eigenvalue weighted by Crippen LogP contribution is 2.19. The Balaban J connectivity index is 1.68. The van der Waals surface area contributed by atoms with E-state index in [0.29, 0.717) is 34.7 Å². The van der Waals surface area contributed by atoms with E-state index < -0.39 is 5.76 Å². The van der Waals surface area contributed by atoms with Crippen LogP contribution in [0.3, 0.4) is 0 Å². The SMILES string of the molecule is Cn1c(=O)oc2cc(NC(=O)CCc3ccccc3Cl)ccc21. The van der Waals surface area contributed by atoms with E-state index in [4.69, 9.17) is 16.0 Å². The van der Waals surface area contributed by atoms with Crippen LogP contribution in [0.2, 0.25) is 5.02 Å². The second-order valence-electron chi connectivity index (χ2n) is 5.25. The molecule has 0 atom stereocenters. The first kappa shape index (κ1) is 15.4. The van der Waals surface area contributed by atoms with Crippen molar-refractivity contribution >= 4 is 34.3 Å². The summed E-state index contributed by atoms with van der Waals surface area (Å²) < 4.78 is 6.52. The fourth-order valence-electron chi connectivity index (χ4n) is 2.38. The number of aromatic nitrogens is 1. The van der Waals surface area contributed by atoms with Gasteiger partial charge in [0.1, 0.15) is 0 Å². The van der Waals surface area contributed by atoms with Crippen LogP contribution in [-0.2, 0) is 18.3 Å². The summed E-state index contributed by atoms with van der Waals surface area (Å²) in [6.45, 7) is 0. The van der Waals surface area contributed by atoms with Gasteiger partial charge < -0.3 is 9.73 Å². The molecule has 0 unspecified atom stereocenters. The van der Waals surface area contributed by atoms with Gasteiger partial charge in [0.15, 0.2) is 5.58 Å². The van der Waals surface area contributed by atoms with Gasteiger partial charge in [-0.3, -0.25) is 9.36 Å². The van der Waals surface area contributed by atoms with Crippen molar-refractivity contribution in [1.82, 2.24) is 4.57 Å². The van der Waals surface area contributed by atoms with Gasteiger partial charge in [-0.25, -0.2) is 4.79 Å². The Morgan fingerprint density at radius 2 is 2.04 bits per heavy atom. The van der Waals surface area contributed by atoms with E-state index in [2.05, 4.69) is 5.32 Å². The number of amides is 1. The monoisotopic (exact) mass is 330 g/mol. The molecule has 3 aromatic rings. The van der Waals surface area contributed by atoms with Gasteiger partial charge in [0, 0.05) is 30.2 Å². The molecule has 0 bridgehead atoms. The number of anilines is 1. The molecule has 23 heavy (non-hydrogen) atoms. The molecule has 5 nitrogen and oxygen atoms in total. The standard InChI is InChI=1S/C17H15ClN2O3/c1-20-14-8-7-12(10-15(14)23-17(20)22)19-16(21)9-6-11-4-2-3-5-13(11)18/h2-5,7-8,10H,6,9H2,1H3,(H,19,21). The van der Waals surface area contributed by atoms with E-state index in [1.807, 2.05) is 18.2 Å². The van der Waals surface area contributed by atoms with Crippen LogP contribution < -0.4 is 11.1 Å². The molecule has 0 aliphatic heterocycles. The molecular formula is C17H15ClN2O3. The van der Waals surface area contributed by atoms with Crippen LogP contribution >= 0.6 is 11.6 Å². The molecule has 0 aliphatic rings. The number of benzene rings is 2. The number of carbonyl (C=O) groups excluding carboxylic acids is 1. The fourth-order valence-corrected chi connectivity index (χ4v) is 2.61. The van der Waals surface area contributed by atoms with E-state index in [1.54, 1.807) is 31.3 Å². The highest BCUT2D eigenvalue weighted by molar-refractivity contribution is 6.31. The number of nitrogens with zero attached hydrogens (tertiary/aromatic N) is 1. The van der Waals surface area contributed by atoms with Gasteiger partial charge >= 0.3 is 5.76 Å². The minimum Gasteiger partial charge on any atom is -0.408 e. The van der Waals surface area contributed by atoms with E-state index in [-0.39, 0.29) is 5.91 Å². The van der Waals surface area contributed by atoms with Gasteiger partial charge in [-0.05, 0) is 30.2 Å². The molecule has 3 rings (SSSR count). The van der Waals surface area contributed by atoms with E-state index in [0.717, 1.165) is 5.56 Å². The molecule has 1 heterocycles. The van der Waals surface area contributed by atoms with Crippen molar-refractivity contribution in [2.45, 2.75) is 12.8 Å². The number of oxazole rings is 1. The number of hydrogen-bond donors (Lipinski definition) is 1. The number of rotatable bonds is 4. The fraction of sp³-hybridized carbons (Fsp3) is 0.176. The third-order valence-electron chi connectivity index (χ3n) is 3.66. The minimum absolute atomic E-state index is 0.123. The number of halogens is 1. The number of fused-ring (bicyclic) bond motifs is 1. The second kappa shape index (κ2) is 6.30. The Bertz CT molecular complexity index is 927. The van der Waals surface area contributed by atoms with Crippen molar-refractivity contribution in [1.29, 1.82) is 0 Å². The van der Waals surface area contributed by atoms with E-state index >= 15 is 0 Å². The molecular weight excluding hydrogens is 316 g/mol. The average molecular weight is 331 g/mol. The van der Waals surface area contributed by atoms with Crippen LogP contribution in [0, 0.1) is 0 Å². The number of hydrogen-bond acceptors (Lipinski definition) is 3. The molecule has 0 aliphatic carbocycles. The Labute approximate surface area is 137 Å². The zero-order chi connectivity index (χ0) is 16.4. The molecule has 0 radical (unpaired) electrons. The molecule has 0 saturated heterocycles. The largest absolute Gasteiger partial charge is 0.419 e. The summed E-state index contributed by atoms with van der Waals surface area (Å²) in [6.07, 6.45) is 0.884. The summed E-state index contributed by atoms with van der Waals surface area (Å²) in [5.41, 5.74) is 2.66. The predicted molar refractivity (Wildman–Crippen MR) is 89.9 cm³/mol. The molecule has 6 heteroatoms. The van der Waals surface area contributed by atoms with Gasteiger partial charge in [0.05, 0.1) is 5.52 Å². The molecule has 0 saturated carbocycles. The van der Waals surface area contributed by atoms with Crippen molar-refractivity contribution in [2.75, 3.05) is 5.32 Å². The molecule has 118 valence electrons. The van der Waals surface area contributed by atoms with Crippen molar-refractivity contribution in [3.63, 3.8) is 0 Å². The molecule has 1 amide bonds. The first-order valence-corrected chi connectivity index (χ1v) is 7.55. The van der Waals surface area contributed by atoms with Crippen molar-refractivity contribution in [2.24, 2.45) is 7.05 Å². The number of nitrogens with one attached hydrogen (secondary N) is 1. The van der Waals surface area contributed by atoms with Gasteiger partial charge in [0.25, 0.3) is 0 Å². The van der Waals surface area contributed by atoms with Crippen LogP contribution in [-0.4, -0.2) is 10.5 Å². The van der Waals surface area contributed by atoms with E-state index in [1.165, 1.54) is 4.57 Å². The molecule has 0 fully saturated rings. The predicted octanol–water partition coefficient (Wildman–Crippen LogP) is 3.36. The van der Waals surface area contributed by atoms with Crippen LogP contribution in [0.4, 0.5) is 5.69 Å². The summed E-state index contributed by atoms with van der Waals surface area (Å²) in [6, 6.07) is 12.6. The summed E-state index contributed by atoms with van der Waals surface area (Å²) in [5, 5.41) is 3.46. The topological polar surface area (TPSA) is 64.2 Å². The van der Waals surface area contributed by atoms with Crippen molar-refractivity contribution < 1.29 is 9.21 Å². The van der Waals surface area contributed by atoms with Crippen LogP contribution in [0.5, 0.6) is 0 Å².